The van der Waals surface area contributed by atoms with Crippen LogP contribution in [0.3, 0.4) is 0 Å². The highest BCUT2D eigenvalue weighted by molar-refractivity contribution is 6.31. The fourth-order valence-electron chi connectivity index (χ4n) is 1.87. The molecule has 5 nitrogen and oxygen atoms in total. The number of rotatable bonds is 2. The molecule has 0 radical (unpaired) electrons. The number of nitrogens with zero attached hydrogens (tertiary/aromatic N) is 1. The fraction of sp³-hybridized carbons (Fsp3) is 0.333. The Labute approximate surface area is 109 Å². The molecule has 0 aliphatic carbocycles. The third-order valence-corrected chi connectivity index (χ3v) is 3.07. The number of imide groups is 1. The smallest absolute Gasteiger partial charge is 0.246 e. The van der Waals surface area contributed by atoms with Crippen molar-refractivity contribution in [3.8, 4) is 0 Å². The van der Waals surface area contributed by atoms with E-state index in [1.807, 2.05) is 0 Å². The Bertz CT molecular complexity index is 486. The summed E-state index contributed by atoms with van der Waals surface area (Å²) in [7, 11) is 0. The van der Waals surface area contributed by atoms with Gasteiger partial charge in [0, 0.05) is 10.7 Å². The summed E-state index contributed by atoms with van der Waals surface area (Å²) >= 11 is 6.04. The van der Waals surface area contributed by atoms with E-state index in [1.54, 1.807) is 30.0 Å². The molecule has 1 fully saturated rings. The van der Waals surface area contributed by atoms with E-state index >= 15 is 0 Å². The lowest BCUT2D eigenvalue weighted by molar-refractivity contribution is -0.130. The van der Waals surface area contributed by atoms with Crippen LogP contribution in [0.5, 0.6) is 0 Å². The van der Waals surface area contributed by atoms with Gasteiger partial charge in [0.1, 0.15) is 0 Å². The van der Waals surface area contributed by atoms with Gasteiger partial charge in [0.15, 0.2) is 0 Å². The molecule has 0 spiro atoms. The summed E-state index contributed by atoms with van der Waals surface area (Å²) in [6, 6.07) is 5.08. The highest BCUT2D eigenvalue weighted by Crippen LogP contribution is 2.28. The Kier molecular flexibility index (Phi) is 3.54. The molecule has 18 heavy (non-hydrogen) atoms. The van der Waals surface area contributed by atoms with E-state index in [0.29, 0.717) is 16.3 Å². The maximum absolute atomic E-state index is 11.3. The standard InChI is InChI=1S/C12H13ClN2O3/c1-7(16)9-3-2-8(4-10(9)13)15-5-11(17)14-12(18)6-15/h2-4,7,16H,5-6H2,1H3,(H,14,17,18). The van der Waals surface area contributed by atoms with Gasteiger partial charge in [0.25, 0.3) is 0 Å². The number of nitrogens with one attached hydrogen (secondary N) is 1. The Morgan fingerprint density at radius 2 is 1.94 bits per heavy atom. The van der Waals surface area contributed by atoms with Crippen molar-refractivity contribution in [2.45, 2.75) is 13.0 Å². The Balaban J connectivity index is 2.26. The molecule has 0 bridgehead atoms. The zero-order valence-electron chi connectivity index (χ0n) is 9.81. The number of aliphatic hydroxyl groups excluding tert-OH is 1. The molecule has 1 aliphatic heterocycles. The third-order valence-electron chi connectivity index (χ3n) is 2.75. The first-order valence-electron chi connectivity index (χ1n) is 5.52. The van der Waals surface area contributed by atoms with Crippen LogP contribution >= 0.6 is 11.6 Å². The van der Waals surface area contributed by atoms with Gasteiger partial charge in [-0.25, -0.2) is 0 Å². The minimum atomic E-state index is -0.655. The summed E-state index contributed by atoms with van der Waals surface area (Å²) in [5.41, 5.74) is 1.31. The van der Waals surface area contributed by atoms with E-state index in [4.69, 9.17) is 11.6 Å². The molecule has 1 heterocycles. The number of benzene rings is 1. The summed E-state index contributed by atoms with van der Waals surface area (Å²) in [6.07, 6.45) is -0.655. The summed E-state index contributed by atoms with van der Waals surface area (Å²) < 4.78 is 0. The summed E-state index contributed by atoms with van der Waals surface area (Å²) in [4.78, 5) is 24.2. The maximum Gasteiger partial charge on any atom is 0.246 e. The normalized spacial score (nSPS) is 17.6. The van der Waals surface area contributed by atoms with Gasteiger partial charge in [0.2, 0.25) is 11.8 Å². The predicted molar refractivity (Wildman–Crippen MR) is 67.4 cm³/mol. The molecule has 0 saturated carbocycles. The number of aliphatic hydroxyl groups is 1. The zero-order valence-corrected chi connectivity index (χ0v) is 10.6. The monoisotopic (exact) mass is 268 g/mol. The number of carbonyl (C=O) groups is 2. The third kappa shape index (κ3) is 2.63. The number of anilines is 1. The van der Waals surface area contributed by atoms with Crippen molar-refractivity contribution in [1.82, 2.24) is 5.32 Å². The van der Waals surface area contributed by atoms with Gasteiger partial charge in [-0.2, -0.15) is 0 Å². The Morgan fingerprint density at radius 3 is 2.44 bits per heavy atom. The van der Waals surface area contributed by atoms with Gasteiger partial charge in [-0.3, -0.25) is 14.9 Å². The average Bonchev–Trinajstić information content (AvgIpc) is 2.26. The Hall–Kier alpha value is -1.59. The van der Waals surface area contributed by atoms with Crippen molar-refractivity contribution in [1.29, 1.82) is 0 Å². The lowest BCUT2D eigenvalue weighted by atomic mass is 10.1. The van der Waals surface area contributed by atoms with Gasteiger partial charge in [-0.05, 0) is 24.6 Å². The molecular formula is C12H13ClN2O3. The van der Waals surface area contributed by atoms with Crippen molar-refractivity contribution < 1.29 is 14.7 Å². The minimum absolute atomic E-state index is 0.121. The second-order valence-corrected chi connectivity index (χ2v) is 4.62. The van der Waals surface area contributed by atoms with Crippen LogP contribution in [0, 0.1) is 0 Å². The number of hydrogen-bond donors (Lipinski definition) is 2. The van der Waals surface area contributed by atoms with E-state index < -0.39 is 6.10 Å². The number of piperazine rings is 1. The lowest BCUT2D eigenvalue weighted by Crippen LogP contribution is -2.51. The van der Waals surface area contributed by atoms with Gasteiger partial charge in [-0.1, -0.05) is 17.7 Å². The van der Waals surface area contributed by atoms with Crippen LogP contribution < -0.4 is 10.2 Å². The molecule has 96 valence electrons. The predicted octanol–water partition coefficient (Wildman–Crippen LogP) is 0.856. The van der Waals surface area contributed by atoms with E-state index in [9.17, 15) is 14.7 Å². The largest absolute Gasteiger partial charge is 0.389 e. The van der Waals surface area contributed by atoms with Crippen LogP contribution in [0.1, 0.15) is 18.6 Å². The van der Waals surface area contributed by atoms with Crippen LogP contribution in [0.4, 0.5) is 5.69 Å². The van der Waals surface area contributed by atoms with E-state index in [-0.39, 0.29) is 24.9 Å². The second kappa shape index (κ2) is 4.96. The minimum Gasteiger partial charge on any atom is -0.389 e. The molecular weight excluding hydrogens is 256 g/mol. The van der Waals surface area contributed by atoms with Crippen LogP contribution in [0.15, 0.2) is 18.2 Å². The van der Waals surface area contributed by atoms with Crippen molar-refractivity contribution in [2.24, 2.45) is 0 Å². The first kappa shape index (κ1) is 12.9. The quantitative estimate of drug-likeness (QED) is 0.781. The van der Waals surface area contributed by atoms with E-state index in [0.717, 1.165) is 0 Å². The first-order valence-corrected chi connectivity index (χ1v) is 5.90. The number of halogens is 1. The molecule has 1 aromatic rings. The topological polar surface area (TPSA) is 69.6 Å². The highest BCUT2D eigenvalue weighted by Gasteiger charge is 2.23. The van der Waals surface area contributed by atoms with Crippen molar-refractivity contribution in [2.75, 3.05) is 18.0 Å². The molecule has 1 aromatic carbocycles. The van der Waals surface area contributed by atoms with Gasteiger partial charge >= 0.3 is 0 Å². The molecule has 1 unspecified atom stereocenters. The second-order valence-electron chi connectivity index (χ2n) is 4.21. The number of carbonyl (C=O) groups excluding carboxylic acids is 2. The SMILES string of the molecule is CC(O)c1ccc(N2CC(=O)NC(=O)C2)cc1Cl. The molecule has 6 heteroatoms. The van der Waals surface area contributed by atoms with Crippen LogP contribution in [0.2, 0.25) is 5.02 Å². The summed E-state index contributed by atoms with van der Waals surface area (Å²) in [6.45, 7) is 1.87. The van der Waals surface area contributed by atoms with Gasteiger partial charge in [0.05, 0.1) is 19.2 Å². The number of hydrogen-bond acceptors (Lipinski definition) is 4. The molecule has 2 rings (SSSR count). The van der Waals surface area contributed by atoms with Gasteiger partial charge in [-0.15, -0.1) is 0 Å². The molecule has 0 aromatic heterocycles. The molecule has 2 amide bonds. The van der Waals surface area contributed by atoms with Crippen molar-refractivity contribution >= 4 is 29.1 Å². The van der Waals surface area contributed by atoms with Crippen LogP contribution in [-0.2, 0) is 9.59 Å². The first-order chi connectivity index (χ1) is 8.47. The van der Waals surface area contributed by atoms with Crippen molar-refractivity contribution in [3.05, 3.63) is 28.8 Å². The molecule has 1 aliphatic rings. The van der Waals surface area contributed by atoms with Crippen LogP contribution in [-0.4, -0.2) is 30.0 Å². The van der Waals surface area contributed by atoms with E-state index in [2.05, 4.69) is 5.32 Å². The van der Waals surface area contributed by atoms with Crippen molar-refractivity contribution in [3.63, 3.8) is 0 Å². The van der Waals surface area contributed by atoms with Gasteiger partial charge < -0.3 is 10.0 Å². The highest BCUT2D eigenvalue weighted by atomic mass is 35.5. The summed E-state index contributed by atoms with van der Waals surface area (Å²) in [5.74, 6) is -0.663. The average molecular weight is 269 g/mol. The zero-order chi connectivity index (χ0) is 13.3. The summed E-state index contributed by atoms with van der Waals surface area (Å²) in [5, 5.41) is 12.1. The fourth-order valence-corrected chi connectivity index (χ4v) is 2.20. The molecule has 1 saturated heterocycles. The number of amides is 2. The lowest BCUT2D eigenvalue weighted by Gasteiger charge is -2.27. The molecule has 1 atom stereocenters. The van der Waals surface area contributed by atoms with E-state index in [1.165, 1.54) is 0 Å². The maximum atomic E-state index is 11.3. The Morgan fingerprint density at radius 1 is 1.33 bits per heavy atom. The van der Waals surface area contributed by atoms with Crippen LogP contribution in [0.25, 0.3) is 0 Å². The molecule has 2 N–H and O–H groups in total.